The summed E-state index contributed by atoms with van der Waals surface area (Å²) in [5, 5.41) is 0. The third-order valence-corrected chi connectivity index (χ3v) is 5.26. The number of Topliss-reactive ketones (excluding diaryl/α,β-unsaturated/α-hetero) is 1. The number of sulfone groups is 1. The van der Waals surface area contributed by atoms with Crippen molar-refractivity contribution in [1.82, 2.24) is 4.98 Å². The summed E-state index contributed by atoms with van der Waals surface area (Å²) < 4.78 is 36.9. The Bertz CT molecular complexity index is 960. The molecule has 0 aliphatic heterocycles. The van der Waals surface area contributed by atoms with Gasteiger partial charge in [-0.05, 0) is 42.7 Å². The fourth-order valence-electron chi connectivity index (χ4n) is 2.83. The van der Waals surface area contributed by atoms with E-state index in [1.54, 1.807) is 19.1 Å². The number of carbonyl (C=O) groups is 1. The predicted molar refractivity (Wildman–Crippen MR) is 89.5 cm³/mol. The van der Waals surface area contributed by atoms with Crippen LogP contribution in [0.5, 0.6) is 0 Å². The normalized spacial score (nSPS) is 15.2. The molecule has 1 aromatic heterocycles. The number of hydrogen-bond donors (Lipinski definition) is 0. The van der Waals surface area contributed by atoms with Crippen LogP contribution in [0.3, 0.4) is 0 Å². The number of carbonyl (C=O) groups excluding carboxylic acids is 1. The zero-order valence-electron chi connectivity index (χ0n) is 13.3. The lowest BCUT2D eigenvalue weighted by Gasteiger charge is -2.09. The fourth-order valence-corrected chi connectivity index (χ4v) is 3.46. The Labute approximate surface area is 140 Å². The monoisotopic (exact) mass is 345 g/mol. The molecule has 0 fully saturated rings. The number of rotatable bonds is 3. The molecule has 24 heavy (non-hydrogen) atoms. The summed E-state index contributed by atoms with van der Waals surface area (Å²) in [7, 11) is -3.27. The largest absolute Gasteiger partial charge is 0.294 e. The van der Waals surface area contributed by atoms with Gasteiger partial charge in [-0.3, -0.25) is 9.78 Å². The van der Waals surface area contributed by atoms with Gasteiger partial charge in [0.2, 0.25) is 0 Å². The molecule has 124 valence electrons. The van der Waals surface area contributed by atoms with Crippen molar-refractivity contribution in [2.75, 3.05) is 6.26 Å². The molecule has 1 aliphatic rings. The first-order valence-electron chi connectivity index (χ1n) is 7.47. The summed E-state index contributed by atoms with van der Waals surface area (Å²) in [4.78, 5) is 16.5. The van der Waals surface area contributed by atoms with Gasteiger partial charge in [-0.25, -0.2) is 12.8 Å². The molecule has 1 aromatic carbocycles. The minimum Gasteiger partial charge on any atom is -0.294 e. The van der Waals surface area contributed by atoms with Crippen molar-refractivity contribution in [2.24, 2.45) is 0 Å². The van der Waals surface area contributed by atoms with E-state index in [9.17, 15) is 17.6 Å². The van der Waals surface area contributed by atoms with E-state index in [1.807, 2.05) is 0 Å². The molecule has 6 heteroatoms. The quantitative estimate of drug-likeness (QED) is 0.857. The van der Waals surface area contributed by atoms with Crippen LogP contribution < -0.4 is 0 Å². The number of pyridine rings is 1. The van der Waals surface area contributed by atoms with Gasteiger partial charge in [0, 0.05) is 30.0 Å². The molecule has 0 unspecified atom stereocenters. The molecular formula is C18H16FNO3S. The van der Waals surface area contributed by atoms with E-state index in [4.69, 9.17) is 0 Å². The number of ketones is 1. The zero-order chi connectivity index (χ0) is 17.5. The van der Waals surface area contributed by atoms with Crippen molar-refractivity contribution in [2.45, 2.75) is 24.7 Å². The van der Waals surface area contributed by atoms with Crippen LogP contribution in [0.25, 0.3) is 11.1 Å². The smallest absolute Gasteiger partial charge is 0.175 e. The Morgan fingerprint density at radius 2 is 1.75 bits per heavy atom. The number of aromatic nitrogens is 1. The maximum atomic E-state index is 13.8. The van der Waals surface area contributed by atoms with Crippen LogP contribution in [0.4, 0.5) is 4.39 Å². The number of benzene rings is 1. The van der Waals surface area contributed by atoms with E-state index in [-0.39, 0.29) is 16.4 Å². The molecule has 0 amide bonds. The second-order valence-corrected chi connectivity index (χ2v) is 7.88. The van der Waals surface area contributed by atoms with Gasteiger partial charge in [0.05, 0.1) is 10.6 Å². The topological polar surface area (TPSA) is 64.1 Å². The van der Waals surface area contributed by atoms with Crippen LogP contribution in [0, 0.1) is 12.7 Å². The minimum atomic E-state index is -3.27. The Balaban J connectivity index is 2.11. The first kappa shape index (κ1) is 16.5. The van der Waals surface area contributed by atoms with Gasteiger partial charge in [-0.1, -0.05) is 12.1 Å². The molecule has 4 nitrogen and oxygen atoms in total. The maximum absolute atomic E-state index is 13.8. The van der Waals surface area contributed by atoms with Crippen LogP contribution in [-0.4, -0.2) is 25.4 Å². The fraction of sp³-hybridized carbons (Fsp3) is 0.222. The molecule has 2 aromatic rings. The summed E-state index contributed by atoms with van der Waals surface area (Å²) in [6.45, 7) is 1.56. The van der Waals surface area contributed by atoms with E-state index >= 15 is 0 Å². The Morgan fingerprint density at radius 3 is 2.33 bits per heavy atom. The van der Waals surface area contributed by atoms with Gasteiger partial charge in [0.1, 0.15) is 5.82 Å². The first-order chi connectivity index (χ1) is 11.3. The van der Waals surface area contributed by atoms with Gasteiger partial charge in [0.25, 0.3) is 0 Å². The van der Waals surface area contributed by atoms with Gasteiger partial charge < -0.3 is 0 Å². The van der Waals surface area contributed by atoms with Crippen molar-refractivity contribution in [1.29, 1.82) is 0 Å². The molecular weight excluding hydrogens is 329 g/mol. The molecule has 1 aliphatic carbocycles. The molecule has 3 rings (SSSR count). The highest BCUT2D eigenvalue weighted by Gasteiger charge is 2.26. The van der Waals surface area contributed by atoms with E-state index < -0.39 is 15.7 Å². The van der Waals surface area contributed by atoms with Gasteiger partial charge >= 0.3 is 0 Å². The molecule has 1 heterocycles. The number of nitrogens with zero attached hydrogens (tertiary/aromatic N) is 1. The van der Waals surface area contributed by atoms with Crippen molar-refractivity contribution in [3.63, 3.8) is 0 Å². The van der Waals surface area contributed by atoms with Gasteiger partial charge in [0.15, 0.2) is 15.6 Å². The van der Waals surface area contributed by atoms with Crippen LogP contribution in [0.15, 0.2) is 41.4 Å². The van der Waals surface area contributed by atoms with Crippen molar-refractivity contribution < 1.29 is 17.6 Å². The molecule has 0 radical (unpaired) electrons. The SMILES string of the molecule is Cc1ncc(C2=C(c3ccc(S(C)(=O)=O)cc3)CCC2=O)cc1F. The average molecular weight is 345 g/mol. The van der Waals surface area contributed by atoms with Crippen LogP contribution in [-0.2, 0) is 14.6 Å². The average Bonchev–Trinajstić information content (AvgIpc) is 2.91. The molecule has 0 saturated heterocycles. The Kier molecular flexibility index (Phi) is 4.09. The van der Waals surface area contributed by atoms with Crippen LogP contribution in [0.1, 0.15) is 29.7 Å². The summed E-state index contributed by atoms with van der Waals surface area (Å²) >= 11 is 0. The summed E-state index contributed by atoms with van der Waals surface area (Å²) in [6, 6.07) is 7.73. The number of hydrogen-bond acceptors (Lipinski definition) is 4. The molecule has 0 saturated carbocycles. The maximum Gasteiger partial charge on any atom is 0.175 e. The van der Waals surface area contributed by atoms with E-state index in [0.717, 1.165) is 17.4 Å². The number of halogens is 1. The van der Waals surface area contributed by atoms with Crippen LogP contribution >= 0.6 is 0 Å². The minimum absolute atomic E-state index is 0.0535. The second-order valence-electron chi connectivity index (χ2n) is 5.86. The lowest BCUT2D eigenvalue weighted by molar-refractivity contribution is -0.113. The van der Waals surface area contributed by atoms with E-state index in [0.29, 0.717) is 24.0 Å². The molecule has 0 bridgehead atoms. The first-order valence-corrected chi connectivity index (χ1v) is 9.36. The second kappa shape index (κ2) is 5.94. The summed E-state index contributed by atoms with van der Waals surface area (Å²) in [5.41, 5.74) is 2.77. The Hall–Kier alpha value is -2.34. The molecule has 0 N–H and O–H groups in total. The zero-order valence-corrected chi connectivity index (χ0v) is 14.2. The Morgan fingerprint density at radius 1 is 1.08 bits per heavy atom. The lowest BCUT2D eigenvalue weighted by Crippen LogP contribution is -2.00. The number of aryl methyl sites for hydroxylation is 1. The molecule has 0 atom stereocenters. The van der Waals surface area contributed by atoms with Gasteiger partial charge in [-0.15, -0.1) is 0 Å². The highest BCUT2D eigenvalue weighted by Crippen LogP contribution is 2.37. The van der Waals surface area contributed by atoms with Crippen LogP contribution in [0.2, 0.25) is 0 Å². The highest BCUT2D eigenvalue weighted by molar-refractivity contribution is 7.90. The third kappa shape index (κ3) is 3.01. The predicted octanol–water partition coefficient (Wildman–Crippen LogP) is 3.21. The van der Waals surface area contributed by atoms with E-state index in [1.165, 1.54) is 24.4 Å². The number of allylic oxidation sites excluding steroid dienone is 2. The summed E-state index contributed by atoms with van der Waals surface area (Å²) in [5.74, 6) is -0.506. The van der Waals surface area contributed by atoms with Crippen molar-refractivity contribution >= 4 is 26.8 Å². The van der Waals surface area contributed by atoms with Crippen molar-refractivity contribution in [3.05, 3.63) is 59.2 Å². The summed E-state index contributed by atoms with van der Waals surface area (Å²) in [6.07, 6.45) is 3.55. The standard InChI is InChI=1S/C18H16FNO3S/c1-11-16(19)9-13(10-20-11)18-15(7-8-17(18)21)12-3-5-14(6-4-12)24(2,22)23/h3-6,9-10H,7-8H2,1-2H3. The lowest BCUT2D eigenvalue weighted by atomic mass is 9.97. The van der Waals surface area contributed by atoms with E-state index in [2.05, 4.69) is 4.98 Å². The highest BCUT2D eigenvalue weighted by atomic mass is 32.2. The van der Waals surface area contributed by atoms with Gasteiger partial charge in [-0.2, -0.15) is 0 Å². The molecule has 0 spiro atoms. The van der Waals surface area contributed by atoms with Crippen molar-refractivity contribution in [3.8, 4) is 0 Å². The third-order valence-electron chi connectivity index (χ3n) is 4.13.